The third kappa shape index (κ3) is 3.00. The first-order valence-electron chi connectivity index (χ1n) is 5.27. The minimum Gasteiger partial charge on any atom is -0.477 e. The van der Waals surface area contributed by atoms with Gasteiger partial charge < -0.3 is 10.4 Å². The standard InChI is InChI=1S/C12H11ClN2O2S/c1-7(10-4-5-11(13)18-10)15-8-2-3-9(12(16)17)14-6-8/h2-7,15H,1H3,(H,16,17). The minimum absolute atomic E-state index is 0.0346. The van der Waals surface area contributed by atoms with Crippen LogP contribution in [-0.2, 0) is 0 Å². The third-order valence-electron chi connectivity index (χ3n) is 2.39. The van der Waals surface area contributed by atoms with Gasteiger partial charge in [-0.25, -0.2) is 9.78 Å². The van der Waals surface area contributed by atoms with E-state index in [2.05, 4.69) is 10.3 Å². The number of nitrogens with one attached hydrogen (secondary N) is 1. The Morgan fingerprint density at radius 2 is 2.22 bits per heavy atom. The Hall–Kier alpha value is -1.59. The summed E-state index contributed by atoms with van der Waals surface area (Å²) >= 11 is 7.39. The van der Waals surface area contributed by atoms with Crippen LogP contribution < -0.4 is 5.32 Å². The molecule has 2 rings (SSSR count). The molecule has 0 aliphatic rings. The summed E-state index contributed by atoms with van der Waals surface area (Å²) in [6, 6.07) is 7.08. The van der Waals surface area contributed by atoms with E-state index in [1.165, 1.54) is 23.6 Å². The lowest BCUT2D eigenvalue weighted by atomic mass is 10.2. The molecule has 2 aromatic rings. The molecule has 6 heteroatoms. The van der Waals surface area contributed by atoms with Crippen molar-refractivity contribution in [2.75, 3.05) is 5.32 Å². The van der Waals surface area contributed by atoms with Crippen LogP contribution in [0, 0.1) is 0 Å². The summed E-state index contributed by atoms with van der Waals surface area (Å²) in [5.41, 5.74) is 0.810. The molecule has 0 amide bonds. The highest BCUT2D eigenvalue weighted by molar-refractivity contribution is 7.16. The Morgan fingerprint density at radius 3 is 2.72 bits per heavy atom. The van der Waals surface area contributed by atoms with Crippen molar-refractivity contribution in [1.82, 2.24) is 4.98 Å². The maximum absolute atomic E-state index is 10.7. The topological polar surface area (TPSA) is 62.2 Å². The summed E-state index contributed by atoms with van der Waals surface area (Å²) in [5, 5.41) is 12.0. The van der Waals surface area contributed by atoms with Crippen LogP contribution in [0.2, 0.25) is 4.34 Å². The molecule has 0 radical (unpaired) electrons. The predicted molar refractivity (Wildman–Crippen MR) is 72.6 cm³/mol. The molecule has 0 fully saturated rings. The molecule has 1 atom stereocenters. The molecule has 0 aliphatic heterocycles. The highest BCUT2D eigenvalue weighted by Crippen LogP contribution is 2.28. The van der Waals surface area contributed by atoms with Gasteiger partial charge >= 0.3 is 5.97 Å². The van der Waals surface area contributed by atoms with Gasteiger partial charge in [0.25, 0.3) is 0 Å². The molecule has 0 bridgehead atoms. The number of thiophene rings is 1. The van der Waals surface area contributed by atoms with Crippen molar-refractivity contribution in [3.8, 4) is 0 Å². The van der Waals surface area contributed by atoms with E-state index in [9.17, 15) is 4.79 Å². The van der Waals surface area contributed by atoms with E-state index in [0.29, 0.717) is 0 Å². The third-order valence-corrected chi connectivity index (χ3v) is 3.80. The second-order valence-electron chi connectivity index (χ2n) is 3.75. The first-order valence-corrected chi connectivity index (χ1v) is 6.47. The number of carboxylic acid groups (broad SMARTS) is 1. The van der Waals surface area contributed by atoms with Crippen molar-refractivity contribution in [3.05, 3.63) is 45.4 Å². The van der Waals surface area contributed by atoms with Crippen molar-refractivity contribution in [2.45, 2.75) is 13.0 Å². The lowest BCUT2D eigenvalue weighted by molar-refractivity contribution is 0.0690. The van der Waals surface area contributed by atoms with Crippen LogP contribution in [0.15, 0.2) is 30.5 Å². The van der Waals surface area contributed by atoms with Crippen molar-refractivity contribution >= 4 is 34.6 Å². The summed E-state index contributed by atoms with van der Waals surface area (Å²) in [5.74, 6) is -1.03. The first-order chi connectivity index (χ1) is 8.56. The van der Waals surface area contributed by atoms with Crippen molar-refractivity contribution in [3.63, 3.8) is 0 Å². The largest absolute Gasteiger partial charge is 0.477 e. The number of hydrogen-bond donors (Lipinski definition) is 2. The van der Waals surface area contributed by atoms with E-state index >= 15 is 0 Å². The SMILES string of the molecule is CC(Nc1ccc(C(=O)O)nc1)c1ccc(Cl)s1. The monoisotopic (exact) mass is 282 g/mol. The van der Waals surface area contributed by atoms with Gasteiger partial charge in [-0.05, 0) is 31.2 Å². The van der Waals surface area contributed by atoms with E-state index < -0.39 is 5.97 Å². The van der Waals surface area contributed by atoms with Gasteiger partial charge in [0.05, 0.1) is 22.3 Å². The molecule has 0 saturated carbocycles. The van der Waals surface area contributed by atoms with Crippen molar-refractivity contribution < 1.29 is 9.90 Å². The number of halogens is 1. The Morgan fingerprint density at radius 1 is 1.44 bits per heavy atom. The molecule has 0 saturated heterocycles. The molecule has 2 heterocycles. The van der Waals surface area contributed by atoms with Gasteiger partial charge in [-0.15, -0.1) is 11.3 Å². The van der Waals surface area contributed by atoms with Crippen LogP contribution in [0.1, 0.15) is 28.3 Å². The lowest BCUT2D eigenvalue weighted by Gasteiger charge is -2.13. The Kier molecular flexibility index (Phi) is 3.84. The number of nitrogens with zero attached hydrogens (tertiary/aromatic N) is 1. The van der Waals surface area contributed by atoms with Gasteiger partial charge in [-0.3, -0.25) is 0 Å². The highest BCUT2D eigenvalue weighted by atomic mass is 35.5. The molecule has 1 unspecified atom stereocenters. The molecule has 0 aliphatic carbocycles. The van der Waals surface area contributed by atoms with Gasteiger partial charge in [0.1, 0.15) is 5.69 Å². The maximum Gasteiger partial charge on any atom is 0.354 e. The maximum atomic E-state index is 10.7. The number of anilines is 1. The summed E-state index contributed by atoms with van der Waals surface area (Å²) in [6.45, 7) is 2.01. The fraction of sp³-hybridized carbons (Fsp3) is 0.167. The number of pyridine rings is 1. The molecule has 18 heavy (non-hydrogen) atoms. The number of carboxylic acids is 1. The normalized spacial score (nSPS) is 12.1. The smallest absolute Gasteiger partial charge is 0.354 e. The number of aromatic carboxylic acids is 1. The molecular formula is C12H11ClN2O2S. The Balaban J connectivity index is 2.07. The van der Waals surface area contributed by atoms with Gasteiger partial charge in [0, 0.05) is 4.88 Å². The second-order valence-corrected chi connectivity index (χ2v) is 5.49. The zero-order valence-corrected chi connectivity index (χ0v) is 11.1. The zero-order chi connectivity index (χ0) is 13.1. The van der Waals surface area contributed by atoms with Crippen molar-refractivity contribution in [2.24, 2.45) is 0 Å². The average Bonchev–Trinajstić information content (AvgIpc) is 2.76. The molecule has 2 aromatic heterocycles. The second kappa shape index (κ2) is 5.37. The number of aromatic nitrogens is 1. The number of rotatable bonds is 4. The molecule has 2 N–H and O–H groups in total. The van der Waals surface area contributed by atoms with Crippen LogP contribution in [0.3, 0.4) is 0 Å². The number of carbonyl (C=O) groups is 1. The fourth-order valence-electron chi connectivity index (χ4n) is 1.49. The lowest BCUT2D eigenvalue weighted by Crippen LogP contribution is -2.06. The fourth-order valence-corrected chi connectivity index (χ4v) is 2.55. The van der Waals surface area contributed by atoms with Crippen LogP contribution >= 0.6 is 22.9 Å². The van der Waals surface area contributed by atoms with E-state index in [0.717, 1.165) is 14.9 Å². The first kappa shape index (κ1) is 12.9. The predicted octanol–water partition coefficient (Wildman–Crippen LogP) is 3.67. The van der Waals surface area contributed by atoms with Crippen LogP contribution in [0.4, 0.5) is 5.69 Å². The summed E-state index contributed by atoms with van der Waals surface area (Å²) in [4.78, 5) is 15.6. The Bertz CT molecular complexity index is 553. The van der Waals surface area contributed by atoms with E-state index in [-0.39, 0.29) is 11.7 Å². The van der Waals surface area contributed by atoms with Gasteiger partial charge in [0.15, 0.2) is 0 Å². The zero-order valence-electron chi connectivity index (χ0n) is 9.55. The summed E-state index contributed by atoms with van der Waals surface area (Å²) in [7, 11) is 0. The Labute approximate surface area is 113 Å². The van der Waals surface area contributed by atoms with Crippen LogP contribution in [0.5, 0.6) is 0 Å². The molecule has 0 spiro atoms. The average molecular weight is 283 g/mol. The van der Waals surface area contributed by atoms with Gasteiger partial charge in [0.2, 0.25) is 0 Å². The summed E-state index contributed by atoms with van der Waals surface area (Å²) in [6.07, 6.45) is 1.51. The van der Waals surface area contributed by atoms with Crippen LogP contribution in [0.25, 0.3) is 0 Å². The van der Waals surface area contributed by atoms with E-state index in [4.69, 9.17) is 16.7 Å². The van der Waals surface area contributed by atoms with Gasteiger partial charge in [-0.1, -0.05) is 11.6 Å². The quantitative estimate of drug-likeness (QED) is 0.898. The van der Waals surface area contributed by atoms with Gasteiger partial charge in [-0.2, -0.15) is 0 Å². The van der Waals surface area contributed by atoms with Crippen LogP contribution in [-0.4, -0.2) is 16.1 Å². The van der Waals surface area contributed by atoms with Crippen molar-refractivity contribution in [1.29, 1.82) is 0 Å². The molecule has 4 nitrogen and oxygen atoms in total. The molecular weight excluding hydrogens is 272 g/mol. The number of hydrogen-bond acceptors (Lipinski definition) is 4. The van der Waals surface area contributed by atoms with E-state index in [1.54, 1.807) is 6.07 Å². The summed E-state index contributed by atoms with van der Waals surface area (Å²) < 4.78 is 0.748. The minimum atomic E-state index is -1.03. The molecule has 94 valence electrons. The highest BCUT2D eigenvalue weighted by Gasteiger charge is 2.09. The van der Waals surface area contributed by atoms with E-state index in [1.807, 2.05) is 19.1 Å². The molecule has 0 aromatic carbocycles.